The van der Waals surface area contributed by atoms with Gasteiger partial charge in [-0.05, 0) is 70.9 Å². The van der Waals surface area contributed by atoms with Gasteiger partial charge in [-0.2, -0.15) is 0 Å². The van der Waals surface area contributed by atoms with Crippen LogP contribution in [0.25, 0.3) is 0 Å². The minimum atomic E-state index is -0.218. The molecule has 1 unspecified atom stereocenters. The Labute approximate surface area is 125 Å². The van der Waals surface area contributed by atoms with E-state index in [1.165, 1.54) is 6.07 Å². The zero-order valence-electron chi connectivity index (χ0n) is 10.7. The number of hydrogen-bond acceptors (Lipinski definition) is 1. The van der Waals surface area contributed by atoms with Crippen LogP contribution >= 0.6 is 27.5 Å². The van der Waals surface area contributed by atoms with Gasteiger partial charge >= 0.3 is 0 Å². The van der Waals surface area contributed by atoms with Gasteiger partial charge in [0.05, 0.1) is 11.1 Å². The predicted octanol–water partition coefficient (Wildman–Crippen LogP) is 4.86. The quantitative estimate of drug-likeness (QED) is 0.840. The van der Waals surface area contributed by atoms with Gasteiger partial charge < -0.3 is 5.32 Å². The molecule has 2 rings (SSSR count). The van der Waals surface area contributed by atoms with Gasteiger partial charge in [-0.1, -0.05) is 23.7 Å². The molecule has 0 aliphatic rings. The highest BCUT2D eigenvalue weighted by molar-refractivity contribution is 9.10. The van der Waals surface area contributed by atoms with Crippen LogP contribution in [-0.2, 0) is 0 Å². The summed E-state index contributed by atoms with van der Waals surface area (Å²) in [4.78, 5) is 0. The van der Waals surface area contributed by atoms with Crippen molar-refractivity contribution in [3.8, 4) is 0 Å². The van der Waals surface area contributed by atoms with Crippen molar-refractivity contribution in [1.29, 1.82) is 0 Å². The van der Waals surface area contributed by atoms with Crippen molar-refractivity contribution in [3.05, 3.63) is 68.4 Å². The minimum absolute atomic E-state index is 0.00815. The maximum Gasteiger partial charge on any atom is 0.123 e. The fourth-order valence-electron chi connectivity index (χ4n) is 2.16. The lowest BCUT2D eigenvalue weighted by atomic mass is 9.95. The second-order valence-corrected chi connectivity index (χ2v) is 5.66. The summed E-state index contributed by atoms with van der Waals surface area (Å²) in [5.41, 5.74) is 3.01. The van der Waals surface area contributed by atoms with E-state index in [9.17, 15) is 4.39 Å². The Hall–Kier alpha value is -0.900. The van der Waals surface area contributed by atoms with Crippen LogP contribution in [0.15, 0.2) is 40.9 Å². The van der Waals surface area contributed by atoms with E-state index in [1.54, 1.807) is 6.07 Å². The summed E-state index contributed by atoms with van der Waals surface area (Å²) in [5.74, 6) is -0.218. The SMILES string of the molecule is CNC(c1ccc(Br)c(Cl)c1)c1ccc(F)cc1C. The first-order chi connectivity index (χ1) is 9.02. The van der Waals surface area contributed by atoms with E-state index in [2.05, 4.69) is 21.2 Å². The van der Waals surface area contributed by atoms with E-state index in [0.29, 0.717) is 5.02 Å². The fraction of sp³-hybridized carbons (Fsp3) is 0.200. The third-order valence-corrected chi connectivity index (χ3v) is 4.34. The monoisotopic (exact) mass is 341 g/mol. The minimum Gasteiger partial charge on any atom is -0.309 e. The van der Waals surface area contributed by atoms with Crippen molar-refractivity contribution >= 4 is 27.5 Å². The molecule has 0 radical (unpaired) electrons. The molecule has 0 fully saturated rings. The van der Waals surface area contributed by atoms with Crippen LogP contribution in [0, 0.1) is 12.7 Å². The van der Waals surface area contributed by atoms with E-state index in [1.807, 2.05) is 38.2 Å². The van der Waals surface area contributed by atoms with Crippen molar-refractivity contribution in [2.24, 2.45) is 0 Å². The van der Waals surface area contributed by atoms with Crippen molar-refractivity contribution in [1.82, 2.24) is 5.32 Å². The molecule has 0 spiro atoms. The third-order valence-electron chi connectivity index (χ3n) is 3.11. The Morgan fingerprint density at radius 1 is 1.21 bits per heavy atom. The second kappa shape index (κ2) is 6.04. The number of benzene rings is 2. The summed E-state index contributed by atoms with van der Waals surface area (Å²) in [5, 5.41) is 3.91. The molecular weight excluding hydrogens is 329 g/mol. The summed E-state index contributed by atoms with van der Waals surface area (Å²) < 4.78 is 14.1. The number of aryl methyl sites for hydroxylation is 1. The summed E-state index contributed by atoms with van der Waals surface area (Å²) in [7, 11) is 1.88. The highest BCUT2D eigenvalue weighted by atomic mass is 79.9. The fourth-order valence-corrected chi connectivity index (χ4v) is 2.59. The highest BCUT2D eigenvalue weighted by Gasteiger charge is 2.15. The average molecular weight is 343 g/mol. The van der Waals surface area contributed by atoms with Crippen LogP contribution in [-0.4, -0.2) is 7.05 Å². The molecule has 0 bridgehead atoms. The molecule has 0 aliphatic carbocycles. The molecule has 2 aromatic carbocycles. The second-order valence-electron chi connectivity index (χ2n) is 4.40. The molecule has 0 saturated heterocycles. The van der Waals surface area contributed by atoms with Gasteiger partial charge in [0.25, 0.3) is 0 Å². The largest absolute Gasteiger partial charge is 0.309 e. The molecule has 4 heteroatoms. The number of nitrogens with one attached hydrogen (secondary N) is 1. The van der Waals surface area contributed by atoms with Crippen molar-refractivity contribution in [3.63, 3.8) is 0 Å². The van der Waals surface area contributed by atoms with Gasteiger partial charge in [0.2, 0.25) is 0 Å². The van der Waals surface area contributed by atoms with E-state index < -0.39 is 0 Å². The molecule has 19 heavy (non-hydrogen) atoms. The van der Waals surface area contributed by atoms with E-state index in [-0.39, 0.29) is 11.9 Å². The molecule has 0 amide bonds. The molecule has 0 saturated carbocycles. The van der Waals surface area contributed by atoms with E-state index >= 15 is 0 Å². The van der Waals surface area contributed by atoms with Crippen LogP contribution in [0.1, 0.15) is 22.7 Å². The summed E-state index contributed by atoms with van der Waals surface area (Å²) in [6, 6.07) is 10.7. The van der Waals surface area contributed by atoms with Crippen LogP contribution in [0.4, 0.5) is 4.39 Å². The topological polar surface area (TPSA) is 12.0 Å². The molecule has 0 aliphatic heterocycles. The van der Waals surface area contributed by atoms with Crippen LogP contribution < -0.4 is 5.32 Å². The first kappa shape index (κ1) is 14.5. The lowest BCUT2D eigenvalue weighted by Gasteiger charge is -2.20. The molecule has 0 heterocycles. The maximum absolute atomic E-state index is 13.2. The van der Waals surface area contributed by atoms with Crippen LogP contribution in [0.3, 0.4) is 0 Å². The zero-order valence-corrected chi connectivity index (χ0v) is 13.0. The molecule has 1 N–H and O–H groups in total. The van der Waals surface area contributed by atoms with Crippen LogP contribution in [0.2, 0.25) is 5.02 Å². The predicted molar refractivity (Wildman–Crippen MR) is 81.2 cm³/mol. The smallest absolute Gasteiger partial charge is 0.123 e. The first-order valence-corrected chi connectivity index (χ1v) is 7.08. The van der Waals surface area contributed by atoms with Crippen LogP contribution in [0.5, 0.6) is 0 Å². The highest BCUT2D eigenvalue weighted by Crippen LogP contribution is 2.30. The van der Waals surface area contributed by atoms with Gasteiger partial charge in [0.1, 0.15) is 5.82 Å². The van der Waals surface area contributed by atoms with Gasteiger partial charge in [-0.3, -0.25) is 0 Å². The average Bonchev–Trinajstić information content (AvgIpc) is 2.37. The Balaban J connectivity index is 2.46. The summed E-state index contributed by atoms with van der Waals surface area (Å²) in [6.07, 6.45) is 0. The summed E-state index contributed by atoms with van der Waals surface area (Å²) >= 11 is 9.51. The Morgan fingerprint density at radius 3 is 2.53 bits per heavy atom. The van der Waals surface area contributed by atoms with Crippen molar-refractivity contribution in [2.75, 3.05) is 7.05 Å². The van der Waals surface area contributed by atoms with E-state index in [0.717, 1.165) is 21.2 Å². The lowest BCUT2D eigenvalue weighted by Crippen LogP contribution is -2.18. The van der Waals surface area contributed by atoms with Gasteiger partial charge in [0, 0.05) is 4.47 Å². The van der Waals surface area contributed by atoms with Gasteiger partial charge in [-0.25, -0.2) is 4.39 Å². The Morgan fingerprint density at radius 2 is 1.95 bits per heavy atom. The number of halogens is 3. The zero-order chi connectivity index (χ0) is 14.0. The first-order valence-electron chi connectivity index (χ1n) is 5.91. The lowest BCUT2D eigenvalue weighted by molar-refractivity contribution is 0.621. The van der Waals surface area contributed by atoms with Gasteiger partial charge in [0.15, 0.2) is 0 Å². The van der Waals surface area contributed by atoms with Crippen molar-refractivity contribution < 1.29 is 4.39 Å². The van der Waals surface area contributed by atoms with Gasteiger partial charge in [-0.15, -0.1) is 0 Å². The third kappa shape index (κ3) is 3.16. The summed E-state index contributed by atoms with van der Waals surface area (Å²) in [6.45, 7) is 1.91. The molecule has 1 nitrogen and oxygen atoms in total. The normalized spacial score (nSPS) is 12.5. The molecular formula is C15H14BrClFN. The Kier molecular flexibility index (Phi) is 4.61. The van der Waals surface area contributed by atoms with Crippen molar-refractivity contribution in [2.45, 2.75) is 13.0 Å². The molecule has 1 atom stereocenters. The number of hydrogen-bond donors (Lipinski definition) is 1. The van der Waals surface area contributed by atoms with E-state index in [4.69, 9.17) is 11.6 Å². The maximum atomic E-state index is 13.2. The standard InChI is InChI=1S/C15H14BrClFN/c1-9-7-11(18)4-5-12(9)15(19-2)10-3-6-13(16)14(17)8-10/h3-8,15,19H,1-2H3. The molecule has 0 aromatic heterocycles. The molecule has 2 aromatic rings. The molecule has 100 valence electrons. The Bertz CT molecular complexity index is 601. The number of rotatable bonds is 3.